The fraction of sp³-hybridized carbons (Fsp3) is 0.588. The number of piperidine rings is 1. The molecule has 1 aromatic rings. The summed E-state index contributed by atoms with van der Waals surface area (Å²) in [6.45, 7) is 6.65. The maximum atomic E-state index is 13.7. The van der Waals surface area contributed by atoms with Crippen LogP contribution in [0.1, 0.15) is 33.6 Å². The van der Waals surface area contributed by atoms with Crippen LogP contribution in [0.4, 0.5) is 14.9 Å². The van der Waals surface area contributed by atoms with Crippen LogP contribution in [0.25, 0.3) is 0 Å². The van der Waals surface area contributed by atoms with Gasteiger partial charge >= 0.3 is 6.09 Å². The van der Waals surface area contributed by atoms with Gasteiger partial charge in [-0.2, -0.15) is 0 Å². The fourth-order valence-electron chi connectivity index (χ4n) is 2.62. The second-order valence-electron chi connectivity index (χ2n) is 7.12. The molecule has 0 bridgehead atoms. The SMILES string of the molecule is CC(C)(C)OC(=O)N1CCC[C@@H](COc2cc([N+](=O)[O-])ccc2F)C1. The molecule has 0 radical (unpaired) electrons. The Morgan fingerprint density at radius 3 is 2.80 bits per heavy atom. The van der Waals surface area contributed by atoms with Gasteiger partial charge in [0.25, 0.3) is 5.69 Å². The number of non-ortho nitro benzene ring substituents is 1. The number of nitro groups is 1. The molecule has 0 aliphatic carbocycles. The van der Waals surface area contributed by atoms with E-state index in [0.29, 0.717) is 13.1 Å². The van der Waals surface area contributed by atoms with Crippen LogP contribution in [0.2, 0.25) is 0 Å². The molecule has 1 aromatic carbocycles. The fourth-order valence-corrected chi connectivity index (χ4v) is 2.62. The summed E-state index contributed by atoms with van der Waals surface area (Å²) in [5.41, 5.74) is -0.789. The number of nitrogens with zero attached hydrogens (tertiary/aromatic N) is 2. The van der Waals surface area contributed by atoms with Crippen molar-refractivity contribution in [3.05, 3.63) is 34.1 Å². The standard InChI is InChI=1S/C17H23FN2O5/c1-17(2,3)25-16(21)19-8-4-5-12(10-19)11-24-15-9-13(20(22)23)6-7-14(15)18/h6-7,9,12H,4-5,8,10-11H2,1-3H3/t12-/m1/s1. The Morgan fingerprint density at radius 1 is 1.44 bits per heavy atom. The van der Waals surface area contributed by atoms with Gasteiger partial charge in [-0.15, -0.1) is 0 Å². The summed E-state index contributed by atoms with van der Waals surface area (Å²) in [7, 11) is 0. The smallest absolute Gasteiger partial charge is 0.410 e. The molecule has 7 nitrogen and oxygen atoms in total. The van der Waals surface area contributed by atoms with Crippen LogP contribution in [0, 0.1) is 21.8 Å². The average Bonchev–Trinajstić information content (AvgIpc) is 2.52. The highest BCUT2D eigenvalue weighted by atomic mass is 19.1. The number of carbonyl (C=O) groups is 1. The Balaban J connectivity index is 1.94. The molecule has 2 rings (SSSR count). The second-order valence-corrected chi connectivity index (χ2v) is 7.12. The van der Waals surface area contributed by atoms with Crippen LogP contribution in [-0.4, -0.2) is 41.2 Å². The number of rotatable bonds is 4. The Hall–Kier alpha value is -2.38. The number of carbonyl (C=O) groups excluding carboxylic acids is 1. The predicted octanol–water partition coefficient (Wildman–Crippen LogP) is 3.76. The van der Waals surface area contributed by atoms with Crippen molar-refractivity contribution in [3.8, 4) is 5.75 Å². The molecule has 138 valence electrons. The third kappa shape index (κ3) is 5.58. The van der Waals surface area contributed by atoms with Gasteiger partial charge in [-0.25, -0.2) is 9.18 Å². The maximum Gasteiger partial charge on any atom is 0.410 e. The maximum absolute atomic E-state index is 13.7. The first-order valence-electron chi connectivity index (χ1n) is 8.20. The average molecular weight is 354 g/mol. The highest BCUT2D eigenvalue weighted by Gasteiger charge is 2.28. The van der Waals surface area contributed by atoms with E-state index < -0.39 is 16.3 Å². The van der Waals surface area contributed by atoms with Crippen LogP contribution < -0.4 is 4.74 Å². The lowest BCUT2D eigenvalue weighted by molar-refractivity contribution is -0.385. The highest BCUT2D eigenvalue weighted by Crippen LogP contribution is 2.25. The van der Waals surface area contributed by atoms with Crippen molar-refractivity contribution in [1.29, 1.82) is 0 Å². The number of ether oxygens (including phenoxy) is 2. The van der Waals surface area contributed by atoms with Gasteiger partial charge in [-0.1, -0.05) is 0 Å². The van der Waals surface area contributed by atoms with Crippen LogP contribution in [0.3, 0.4) is 0 Å². The van der Waals surface area contributed by atoms with Crippen molar-refractivity contribution in [3.63, 3.8) is 0 Å². The molecular formula is C17H23FN2O5. The Kier molecular flexibility index (Phi) is 5.81. The lowest BCUT2D eigenvalue weighted by atomic mass is 9.99. The molecule has 1 atom stereocenters. The van der Waals surface area contributed by atoms with Crippen molar-refractivity contribution < 1.29 is 23.6 Å². The number of likely N-dealkylation sites (tertiary alicyclic amines) is 1. The summed E-state index contributed by atoms with van der Waals surface area (Å²) >= 11 is 0. The van der Waals surface area contributed by atoms with E-state index in [1.54, 1.807) is 25.7 Å². The van der Waals surface area contributed by atoms with Gasteiger partial charge in [0, 0.05) is 25.1 Å². The number of halogens is 1. The van der Waals surface area contributed by atoms with E-state index >= 15 is 0 Å². The molecular weight excluding hydrogens is 331 g/mol. The van der Waals surface area contributed by atoms with E-state index in [1.807, 2.05) is 0 Å². The normalized spacial score (nSPS) is 17.9. The van der Waals surface area contributed by atoms with Crippen LogP contribution in [0.5, 0.6) is 5.75 Å². The molecule has 1 saturated heterocycles. The first kappa shape index (κ1) is 19.0. The van der Waals surface area contributed by atoms with Gasteiger partial charge in [0.2, 0.25) is 0 Å². The summed E-state index contributed by atoms with van der Waals surface area (Å²) in [6.07, 6.45) is 1.25. The largest absolute Gasteiger partial charge is 0.490 e. The third-order valence-electron chi connectivity index (χ3n) is 3.77. The van der Waals surface area contributed by atoms with Gasteiger partial charge in [0.15, 0.2) is 11.6 Å². The minimum atomic E-state index is -0.648. The zero-order valence-electron chi connectivity index (χ0n) is 14.7. The molecule has 1 aliphatic heterocycles. The Labute approximate surface area is 145 Å². The van der Waals surface area contributed by atoms with Crippen molar-refractivity contribution in [2.45, 2.75) is 39.2 Å². The molecule has 0 aromatic heterocycles. The minimum Gasteiger partial charge on any atom is -0.490 e. The van der Waals surface area contributed by atoms with Crippen molar-refractivity contribution in [2.75, 3.05) is 19.7 Å². The zero-order valence-corrected chi connectivity index (χ0v) is 14.7. The van der Waals surface area contributed by atoms with Crippen molar-refractivity contribution >= 4 is 11.8 Å². The van der Waals surface area contributed by atoms with Gasteiger partial charge in [-0.3, -0.25) is 10.1 Å². The second kappa shape index (κ2) is 7.67. The van der Waals surface area contributed by atoms with Crippen LogP contribution in [-0.2, 0) is 4.74 Å². The van der Waals surface area contributed by atoms with Gasteiger partial charge in [0.05, 0.1) is 17.6 Å². The minimum absolute atomic E-state index is 0.0138. The molecule has 1 amide bonds. The number of benzene rings is 1. The summed E-state index contributed by atoms with van der Waals surface area (Å²) in [6, 6.07) is 3.18. The molecule has 25 heavy (non-hydrogen) atoms. The summed E-state index contributed by atoms with van der Waals surface area (Å²) in [5.74, 6) is -0.783. The monoisotopic (exact) mass is 354 g/mol. The molecule has 1 aliphatic rings. The van der Waals surface area contributed by atoms with Crippen LogP contribution in [0.15, 0.2) is 18.2 Å². The molecule has 1 heterocycles. The molecule has 8 heteroatoms. The number of nitro benzene ring substituents is 1. The first-order valence-corrected chi connectivity index (χ1v) is 8.20. The number of amides is 1. The van der Waals surface area contributed by atoms with Crippen molar-refractivity contribution in [1.82, 2.24) is 4.90 Å². The van der Waals surface area contributed by atoms with Gasteiger partial charge in [-0.05, 0) is 39.7 Å². The van der Waals surface area contributed by atoms with Crippen LogP contribution >= 0.6 is 0 Å². The van der Waals surface area contributed by atoms with Crippen molar-refractivity contribution in [2.24, 2.45) is 5.92 Å². The van der Waals surface area contributed by atoms with E-state index in [0.717, 1.165) is 31.0 Å². The molecule has 0 unspecified atom stereocenters. The Morgan fingerprint density at radius 2 is 2.16 bits per heavy atom. The van der Waals surface area contributed by atoms with E-state index in [2.05, 4.69) is 0 Å². The molecule has 0 spiro atoms. The van der Waals surface area contributed by atoms with E-state index in [9.17, 15) is 19.3 Å². The molecule has 1 fully saturated rings. The van der Waals surface area contributed by atoms with E-state index in [4.69, 9.17) is 9.47 Å². The summed E-state index contributed by atoms with van der Waals surface area (Å²) in [5, 5.41) is 10.8. The Bertz CT molecular complexity index is 644. The summed E-state index contributed by atoms with van der Waals surface area (Å²) in [4.78, 5) is 23.9. The third-order valence-corrected chi connectivity index (χ3v) is 3.77. The number of hydrogen-bond donors (Lipinski definition) is 0. The summed E-state index contributed by atoms with van der Waals surface area (Å²) < 4.78 is 24.5. The molecule has 0 saturated carbocycles. The molecule has 0 N–H and O–H groups in total. The van der Waals surface area contributed by atoms with E-state index in [1.165, 1.54) is 0 Å². The highest BCUT2D eigenvalue weighted by molar-refractivity contribution is 5.68. The first-order chi connectivity index (χ1) is 11.7. The predicted molar refractivity (Wildman–Crippen MR) is 89.1 cm³/mol. The lowest BCUT2D eigenvalue weighted by Gasteiger charge is -2.34. The zero-order chi connectivity index (χ0) is 18.6. The quantitative estimate of drug-likeness (QED) is 0.607. The lowest BCUT2D eigenvalue weighted by Crippen LogP contribution is -2.44. The number of hydrogen-bond acceptors (Lipinski definition) is 5. The topological polar surface area (TPSA) is 81.9 Å². The van der Waals surface area contributed by atoms with Gasteiger partial charge < -0.3 is 14.4 Å². The van der Waals surface area contributed by atoms with Gasteiger partial charge in [0.1, 0.15) is 5.60 Å². The van der Waals surface area contributed by atoms with E-state index in [-0.39, 0.29) is 30.1 Å².